The molecular weight excluding hydrogens is 375 g/mol. The molecule has 8 heteroatoms. The number of carbonyl (C=O) groups is 1. The summed E-state index contributed by atoms with van der Waals surface area (Å²) in [7, 11) is 4.46. The van der Waals surface area contributed by atoms with E-state index in [1.54, 1.807) is 12.1 Å². The summed E-state index contributed by atoms with van der Waals surface area (Å²) in [5.74, 6) is 0.946. The Morgan fingerprint density at radius 1 is 1.00 bits per heavy atom. The zero-order valence-electron chi connectivity index (χ0n) is 16.1. The number of carbonyl (C=O) groups excluding carboxylic acids is 1. The smallest absolute Gasteiger partial charge is 0.416 e. The SMILES string of the molecule is COc1ccc(CCC(=O)Nc2ccc(C)c(C(F)(F)F)c2)c(OC)c1OC. The maximum Gasteiger partial charge on any atom is 0.416 e. The lowest BCUT2D eigenvalue weighted by molar-refractivity contribution is -0.138. The number of methoxy groups -OCH3 is 3. The topological polar surface area (TPSA) is 56.8 Å². The maximum atomic E-state index is 13.0. The molecule has 0 bridgehead atoms. The molecule has 0 aliphatic heterocycles. The monoisotopic (exact) mass is 397 g/mol. The molecule has 2 aromatic rings. The molecule has 1 N–H and O–H groups in total. The summed E-state index contributed by atoms with van der Waals surface area (Å²) in [6.07, 6.45) is -4.10. The van der Waals surface area contributed by atoms with E-state index in [1.165, 1.54) is 40.4 Å². The molecule has 0 atom stereocenters. The highest BCUT2D eigenvalue weighted by Crippen LogP contribution is 2.40. The summed E-state index contributed by atoms with van der Waals surface area (Å²) in [4.78, 5) is 12.2. The van der Waals surface area contributed by atoms with E-state index in [9.17, 15) is 18.0 Å². The fourth-order valence-corrected chi connectivity index (χ4v) is 2.84. The van der Waals surface area contributed by atoms with E-state index in [4.69, 9.17) is 14.2 Å². The zero-order chi connectivity index (χ0) is 20.9. The van der Waals surface area contributed by atoms with Crippen molar-refractivity contribution in [2.45, 2.75) is 25.9 Å². The minimum atomic E-state index is -4.47. The molecule has 0 spiro atoms. The normalized spacial score (nSPS) is 11.1. The number of anilines is 1. The van der Waals surface area contributed by atoms with E-state index in [0.29, 0.717) is 23.7 Å². The number of alkyl halides is 3. The second-order valence-electron chi connectivity index (χ2n) is 6.07. The number of halogens is 3. The molecule has 2 aromatic carbocycles. The third-order valence-electron chi connectivity index (χ3n) is 4.23. The van der Waals surface area contributed by atoms with Gasteiger partial charge in [0.2, 0.25) is 11.7 Å². The maximum absolute atomic E-state index is 13.0. The summed E-state index contributed by atoms with van der Waals surface area (Å²) in [6.45, 7) is 1.37. The number of rotatable bonds is 7. The van der Waals surface area contributed by atoms with Gasteiger partial charge in [-0.1, -0.05) is 12.1 Å². The van der Waals surface area contributed by atoms with Crippen LogP contribution in [0.1, 0.15) is 23.1 Å². The van der Waals surface area contributed by atoms with Crippen LogP contribution in [-0.2, 0) is 17.4 Å². The van der Waals surface area contributed by atoms with Crippen molar-refractivity contribution < 1.29 is 32.2 Å². The molecule has 0 heterocycles. The molecule has 0 saturated carbocycles. The van der Waals surface area contributed by atoms with Gasteiger partial charge >= 0.3 is 6.18 Å². The molecule has 0 aromatic heterocycles. The number of hydrogen-bond donors (Lipinski definition) is 1. The molecule has 2 rings (SSSR count). The highest BCUT2D eigenvalue weighted by Gasteiger charge is 2.32. The number of aryl methyl sites for hydroxylation is 2. The molecule has 0 aliphatic rings. The van der Waals surface area contributed by atoms with Crippen molar-refractivity contribution in [3.05, 3.63) is 47.0 Å². The average molecular weight is 397 g/mol. The van der Waals surface area contributed by atoms with Gasteiger partial charge in [-0.25, -0.2) is 0 Å². The van der Waals surface area contributed by atoms with Crippen LogP contribution < -0.4 is 19.5 Å². The largest absolute Gasteiger partial charge is 0.493 e. The average Bonchev–Trinajstić information content (AvgIpc) is 2.65. The van der Waals surface area contributed by atoms with Crippen molar-refractivity contribution in [2.24, 2.45) is 0 Å². The fourth-order valence-electron chi connectivity index (χ4n) is 2.84. The third kappa shape index (κ3) is 4.88. The van der Waals surface area contributed by atoms with Crippen LogP contribution >= 0.6 is 0 Å². The first kappa shape index (κ1) is 21.4. The molecule has 1 amide bonds. The Bertz CT molecular complexity index is 850. The third-order valence-corrected chi connectivity index (χ3v) is 4.23. The first-order valence-corrected chi connectivity index (χ1v) is 8.46. The summed E-state index contributed by atoms with van der Waals surface area (Å²) in [5, 5.41) is 2.50. The zero-order valence-corrected chi connectivity index (χ0v) is 16.1. The van der Waals surface area contributed by atoms with Crippen molar-refractivity contribution in [3.8, 4) is 17.2 Å². The van der Waals surface area contributed by atoms with Crippen molar-refractivity contribution >= 4 is 11.6 Å². The Hall–Kier alpha value is -2.90. The Labute approximate surface area is 161 Å². The van der Waals surface area contributed by atoms with E-state index in [-0.39, 0.29) is 17.7 Å². The summed E-state index contributed by atoms with van der Waals surface area (Å²) in [6, 6.07) is 7.16. The standard InChI is InChI=1S/C20H22F3NO4/c1-12-5-8-14(11-15(12)20(21,22)23)24-17(25)10-7-13-6-9-16(26-2)19(28-4)18(13)27-3/h5-6,8-9,11H,7,10H2,1-4H3,(H,24,25). The van der Waals surface area contributed by atoms with Crippen LogP contribution in [0.3, 0.4) is 0 Å². The lowest BCUT2D eigenvalue weighted by Crippen LogP contribution is -2.14. The molecule has 0 unspecified atom stereocenters. The van der Waals surface area contributed by atoms with Gasteiger partial charge in [0, 0.05) is 12.1 Å². The van der Waals surface area contributed by atoms with Crippen LogP contribution in [-0.4, -0.2) is 27.2 Å². The van der Waals surface area contributed by atoms with E-state index in [2.05, 4.69) is 5.32 Å². The Kier molecular flexibility index (Phi) is 6.77. The van der Waals surface area contributed by atoms with Crippen molar-refractivity contribution in [1.29, 1.82) is 0 Å². The molecular formula is C20H22F3NO4. The van der Waals surface area contributed by atoms with E-state index in [1.807, 2.05) is 0 Å². The van der Waals surface area contributed by atoms with Gasteiger partial charge in [0.25, 0.3) is 0 Å². The van der Waals surface area contributed by atoms with Gasteiger partial charge in [0.05, 0.1) is 26.9 Å². The Balaban J connectivity index is 2.11. The van der Waals surface area contributed by atoms with E-state index in [0.717, 1.165) is 11.6 Å². The highest BCUT2D eigenvalue weighted by atomic mass is 19.4. The lowest BCUT2D eigenvalue weighted by Gasteiger charge is -2.16. The number of hydrogen-bond acceptors (Lipinski definition) is 4. The Morgan fingerprint density at radius 3 is 2.25 bits per heavy atom. The summed E-state index contributed by atoms with van der Waals surface area (Å²) in [5.41, 5.74) is 0.143. The minimum Gasteiger partial charge on any atom is -0.493 e. The van der Waals surface area contributed by atoms with Gasteiger partial charge in [0.15, 0.2) is 11.5 Å². The van der Waals surface area contributed by atoms with Gasteiger partial charge in [-0.15, -0.1) is 0 Å². The van der Waals surface area contributed by atoms with Crippen molar-refractivity contribution in [1.82, 2.24) is 0 Å². The predicted molar refractivity (Wildman–Crippen MR) is 99.2 cm³/mol. The molecule has 0 fully saturated rings. The molecule has 0 aliphatic carbocycles. The second kappa shape index (κ2) is 8.86. The van der Waals surface area contributed by atoms with Crippen LogP contribution in [0.4, 0.5) is 18.9 Å². The van der Waals surface area contributed by atoms with Crippen LogP contribution in [0.25, 0.3) is 0 Å². The molecule has 28 heavy (non-hydrogen) atoms. The first-order chi connectivity index (χ1) is 13.2. The highest BCUT2D eigenvalue weighted by molar-refractivity contribution is 5.91. The van der Waals surface area contributed by atoms with Crippen LogP contribution in [0.2, 0.25) is 0 Å². The predicted octanol–water partition coefficient (Wildman–Crippen LogP) is 4.61. The van der Waals surface area contributed by atoms with Gasteiger partial charge in [-0.3, -0.25) is 4.79 Å². The van der Waals surface area contributed by atoms with E-state index >= 15 is 0 Å². The Morgan fingerprint density at radius 2 is 1.68 bits per heavy atom. The molecule has 0 saturated heterocycles. The molecule has 0 radical (unpaired) electrons. The van der Waals surface area contributed by atoms with Crippen molar-refractivity contribution in [2.75, 3.05) is 26.6 Å². The lowest BCUT2D eigenvalue weighted by atomic mass is 10.1. The van der Waals surface area contributed by atoms with Gasteiger partial charge in [-0.2, -0.15) is 13.2 Å². The number of benzene rings is 2. The number of amides is 1. The number of nitrogens with one attached hydrogen (secondary N) is 1. The van der Waals surface area contributed by atoms with Crippen LogP contribution in [0, 0.1) is 6.92 Å². The summed E-state index contributed by atoms with van der Waals surface area (Å²) < 4.78 is 54.9. The summed E-state index contributed by atoms with van der Waals surface area (Å²) >= 11 is 0. The fraction of sp³-hybridized carbons (Fsp3) is 0.350. The quantitative estimate of drug-likeness (QED) is 0.741. The second-order valence-corrected chi connectivity index (χ2v) is 6.07. The van der Waals surface area contributed by atoms with Gasteiger partial charge in [0.1, 0.15) is 0 Å². The number of ether oxygens (including phenoxy) is 3. The molecule has 5 nitrogen and oxygen atoms in total. The first-order valence-electron chi connectivity index (χ1n) is 8.46. The van der Waals surface area contributed by atoms with E-state index < -0.39 is 17.6 Å². The minimum absolute atomic E-state index is 0.0566. The van der Waals surface area contributed by atoms with Gasteiger partial charge in [-0.05, 0) is 42.7 Å². The molecule has 152 valence electrons. The van der Waals surface area contributed by atoms with Crippen molar-refractivity contribution in [3.63, 3.8) is 0 Å². The van der Waals surface area contributed by atoms with Crippen LogP contribution in [0.15, 0.2) is 30.3 Å². The van der Waals surface area contributed by atoms with Crippen LogP contribution in [0.5, 0.6) is 17.2 Å². The van der Waals surface area contributed by atoms with Gasteiger partial charge < -0.3 is 19.5 Å².